The molecule has 6 nitrogen and oxygen atoms in total. The number of rotatable bonds is 0. The first-order chi connectivity index (χ1) is 6.66. The molecule has 0 saturated heterocycles. The van der Waals surface area contributed by atoms with Gasteiger partial charge in [0.25, 0.3) is 5.56 Å². The summed E-state index contributed by atoms with van der Waals surface area (Å²) in [5, 5.41) is 12.5. The van der Waals surface area contributed by atoms with Crippen molar-refractivity contribution in [1.29, 1.82) is 5.26 Å². The maximum Gasteiger partial charge on any atom is 0.281 e. The molecular formula is C7H5N5OS. The van der Waals surface area contributed by atoms with Crippen molar-refractivity contribution in [3.05, 3.63) is 15.9 Å². The van der Waals surface area contributed by atoms with E-state index in [1.165, 1.54) is 11.6 Å². The molecule has 2 aromatic heterocycles. The van der Waals surface area contributed by atoms with Crippen LogP contribution in [0.2, 0.25) is 0 Å². The zero-order chi connectivity index (χ0) is 10.3. The first-order valence-corrected chi connectivity index (χ1v) is 4.44. The van der Waals surface area contributed by atoms with Gasteiger partial charge in [0.05, 0.1) is 0 Å². The Kier molecular flexibility index (Phi) is 1.72. The molecule has 0 amide bonds. The minimum atomic E-state index is -0.328. The van der Waals surface area contributed by atoms with Crippen molar-refractivity contribution in [2.45, 2.75) is 0 Å². The summed E-state index contributed by atoms with van der Waals surface area (Å²) in [6.45, 7) is 0. The van der Waals surface area contributed by atoms with E-state index in [1.54, 1.807) is 0 Å². The standard InChI is InChI=1S/C7H5N5OS/c1-12-6(9)3(2-8)5-4(7(12)13)10-11-14-5/h9H2,1H3. The molecule has 2 heterocycles. The molecule has 0 saturated carbocycles. The minimum Gasteiger partial charge on any atom is -0.384 e. The van der Waals surface area contributed by atoms with Crippen molar-refractivity contribution < 1.29 is 0 Å². The van der Waals surface area contributed by atoms with Crippen molar-refractivity contribution in [2.24, 2.45) is 7.05 Å². The Balaban J connectivity index is 3.13. The molecule has 0 aromatic carbocycles. The van der Waals surface area contributed by atoms with Crippen LogP contribution in [0.3, 0.4) is 0 Å². The number of hydrogen-bond donors (Lipinski definition) is 1. The molecule has 0 aliphatic heterocycles. The Morgan fingerprint density at radius 3 is 3.00 bits per heavy atom. The highest BCUT2D eigenvalue weighted by molar-refractivity contribution is 7.13. The van der Waals surface area contributed by atoms with E-state index >= 15 is 0 Å². The highest BCUT2D eigenvalue weighted by atomic mass is 32.1. The molecule has 2 N–H and O–H groups in total. The van der Waals surface area contributed by atoms with Crippen molar-refractivity contribution in [3.63, 3.8) is 0 Å². The molecular weight excluding hydrogens is 202 g/mol. The highest BCUT2D eigenvalue weighted by Crippen LogP contribution is 2.21. The number of fused-ring (bicyclic) bond motifs is 1. The average molecular weight is 207 g/mol. The summed E-state index contributed by atoms with van der Waals surface area (Å²) in [6, 6.07) is 1.94. The van der Waals surface area contributed by atoms with Crippen molar-refractivity contribution in [1.82, 2.24) is 14.2 Å². The van der Waals surface area contributed by atoms with Gasteiger partial charge in [0, 0.05) is 7.05 Å². The van der Waals surface area contributed by atoms with Gasteiger partial charge in [0.15, 0.2) is 5.52 Å². The van der Waals surface area contributed by atoms with Gasteiger partial charge < -0.3 is 5.73 Å². The van der Waals surface area contributed by atoms with Gasteiger partial charge in [-0.05, 0) is 11.5 Å². The summed E-state index contributed by atoms with van der Waals surface area (Å²) in [5.41, 5.74) is 5.74. The molecule has 0 radical (unpaired) electrons. The lowest BCUT2D eigenvalue weighted by Crippen LogP contribution is -2.21. The molecule has 0 bridgehead atoms. The number of nitrogens with zero attached hydrogens (tertiary/aromatic N) is 4. The molecule has 0 atom stereocenters. The van der Waals surface area contributed by atoms with Crippen LogP contribution in [-0.2, 0) is 7.05 Å². The van der Waals surface area contributed by atoms with E-state index in [-0.39, 0.29) is 22.5 Å². The van der Waals surface area contributed by atoms with Crippen LogP contribution in [0.1, 0.15) is 5.56 Å². The molecule has 0 aliphatic carbocycles. The van der Waals surface area contributed by atoms with Gasteiger partial charge in [0.1, 0.15) is 22.2 Å². The van der Waals surface area contributed by atoms with Crippen LogP contribution < -0.4 is 11.3 Å². The highest BCUT2D eigenvalue weighted by Gasteiger charge is 2.15. The number of anilines is 1. The SMILES string of the molecule is Cn1c(N)c(C#N)c2snnc2c1=O. The van der Waals surface area contributed by atoms with E-state index in [2.05, 4.69) is 9.59 Å². The Morgan fingerprint density at radius 2 is 2.36 bits per heavy atom. The summed E-state index contributed by atoms with van der Waals surface area (Å²) >= 11 is 0.999. The first-order valence-electron chi connectivity index (χ1n) is 3.67. The van der Waals surface area contributed by atoms with E-state index in [1.807, 2.05) is 6.07 Å². The summed E-state index contributed by atoms with van der Waals surface area (Å²) < 4.78 is 5.27. The van der Waals surface area contributed by atoms with Gasteiger partial charge in [-0.2, -0.15) is 5.26 Å². The predicted octanol–water partition coefficient (Wildman–Crippen LogP) is -0.156. The number of nitrogen functional groups attached to an aromatic ring is 1. The van der Waals surface area contributed by atoms with Crippen molar-refractivity contribution >= 4 is 27.6 Å². The fourth-order valence-electron chi connectivity index (χ4n) is 1.15. The smallest absolute Gasteiger partial charge is 0.281 e. The fourth-order valence-corrected chi connectivity index (χ4v) is 1.82. The van der Waals surface area contributed by atoms with E-state index in [0.29, 0.717) is 4.70 Å². The maximum atomic E-state index is 11.6. The van der Waals surface area contributed by atoms with Crippen molar-refractivity contribution in [2.75, 3.05) is 5.73 Å². The van der Waals surface area contributed by atoms with Crippen LogP contribution in [0.25, 0.3) is 10.2 Å². The topological polar surface area (TPSA) is 97.6 Å². The molecule has 70 valence electrons. The van der Waals surface area contributed by atoms with Crippen LogP contribution in [0, 0.1) is 11.3 Å². The summed E-state index contributed by atoms with van der Waals surface area (Å²) in [4.78, 5) is 11.6. The third kappa shape index (κ3) is 0.914. The summed E-state index contributed by atoms with van der Waals surface area (Å²) in [7, 11) is 1.50. The van der Waals surface area contributed by atoms with Gasteiger partial charge in [-0.25, -0.2) is 0 Å². The zero-order valence-electron chi connectivity index (χ0n) is 7.18. The number of hydrogen-bond acceptors (Lipinski definition) is 6. The lowest BCUT2D eigenvalue weighted by Gasteiger charge is -2.03. The van der Waals surface area contributed by atoms with E-state index < -0.39 is 0 Å². The van der Waals surface area contributed by atoms with Crippen LogP contribution in [0.5, 0.6) is 0 Å². The van der Waals surface area contributed by atoms with Gasteiger partial charge >= 0.3 is 0 Å². The lowest BCUT2D eigenvalue weighted by atomic mass is 10.2. The largest absolute Gasteiger partial charge is 0.384 e. The Hall–Kier alpha value is -1.94. The maximum absolute atomic E-state index is 11.6. The monoisotopic (exact) mass is 207 g/mol. The van der Waals surface area contributed by atoms with E-state index in [9.17, 15) is 4.79 Å². The summed E-state index contributed by atoms with van der Waals surface area (Å²) in [5.74, 6) is 0.149. The lowest BCUT2D eigenvalue weighted by molar-refractivity contribution is 0.880. The zero-order valence-corrected chi connectivity index (χ0v) is 8.00. The molecule has 2 aromatic rings. The van der Waals surface area contributed by atoms with Gasteiger partial charge in [-0.15, -0.1) is 5.10 Å². The number of aromatic nitrogens is 3. The van der Waals surface area contributed by atoms with Crippen LogP contribution >= 0.6 is 11.5 Å². The third-order valence-corrected chi connectivity index (χ3v) is 2.69. The number of pyridine rings is 1. The average Bonchev–Trinajstić information content (AvgIpc) is 2.64. The van der Waals surface area contributed by atoms with Crippen LogP contribution in [0.4, 0.5) is 5.82 Å². The second-order valence-electron chi connectivity index (χ2n) is 2.69. The minimum absolute atomic E-state index is 0.149. The van der Waals surface area contributed by atoms with Crippen LogP contribution in [0.15, 0.2) is 4.79 Å². The molecule has 0 aliphatic rings. The predicted molar refractivity (Wildman–Crippen MR) is 51.8 cm³/mol. The van der Waals surface area contributed by atoms with Gasteiger partial charge in [-0.3, -0.25) is 9.36 Å². The quantitative estimate of drug-likeness (QED) is 0.647. The molecule has 0 fully saturated rings. The number of nitriles is 1. The van der Waals surface area contributed by atoms with Crippen LogP contribution in [-0.4, -0.2) is 14.2 Å². The molecule has 2 rings (SSSR count). The Labute approximate surface area is 82.4 Å². The number of nitrogens with two attached hydrogens (primary N) is 1. The van der Waals surface area contributed by atoms with Crippen molar-refractivity contribution in [3.8, 4) is 6.07 Å². The fraction of sp³-hybridized carbons (Fsp3) is 0.143. The van der Waals surface area contributed by atoms with E-state index in [4.69, 9.17) is 11.0 Å². The Morgan fingerprint density at radius 1 is 1.64 bits per heavy atom. The molecule has 0 unspecified atom stereocenters. The van der Waals surface area contributed by atoms with Gasteiger partial charge in [-0.1, -0.05) is 4.49 Å². The first kappa shape index (κ1) is 8.65. The van der Waals surface area contributed by atoms with E-state index in [0.717, 1.165) is 11.5 Å². The molecule has 0 spiro atoms. The van der Waals surface area contributed by atoms with Gasteiger partial charge in [0.2, 0.25) is 0 Å². The molecule has 7 heteroatoms. The summed E-state index contributed by atoms with van der Waals surface area (Å²) in [6.07, 6.45) is 0. The normalized spacial score (nSPS) is 10.3. The second kappa shape index (κ2) is 2.78. The third-order valence-electron chi connectivity index (χ3n) is 1.95. The Bertz CT molecular complexity index is 605. The molecule has 14 heavy (non-hydrogen) atoms. The second-order valence-corrected chi connectivity index (χ2v) is 3.44.